The number of nitrogens with one attached hydrogen (secondary N) is 1. The first-order valence-electron chi connectivity index (χ1n) is 9.82. The molecule has 2 aromatic carbocycles. The van der Waals surface area contributed by atoms with Gasteiger partial charge in [-0.3, -0.25) is 5.01 Å². The summed E-state index contributed by atoms with van der Waals surface area (Å²) in [7, 11) is 0. The molecule has 0 bridgehead atoms. The van der Waals surface area contributed by atoms with Crippen molar-refractivity contribution in [2.75, 3.05) is 13.2 Å². The Bertz CT molecular complexity index is 1010. The van der Waals surface area contributed by atoms with Crippen LogP contribution in [0.1, 0.15) is 19.4 Å². The summed E-state index contributed by atoms with van der Waals surface area (Å²) in [6, 6.07) is 16.0. The number of carbonyl (C=O) groups excluding carboxylic acids is 1. The van der Waals surface area contributed by atoms with Crippen LogP contribution in [0.15, 0.2) is 75.4 Å². The minimum Gasteiger partial charge on any atom is -0.508 e. The summed E-state index contributed by atoms with van der Waals surface area (Å²) in [6.45, 7) is 4.40. The Kier molecular flexibility index (Phi) is 5.58. The topological polar surface area (TPSA) is 98.9 Å². The minimum atomic E-state index is -0.462. The van der Waals surface area contributed by atoms with Gasteiger partial charge in [-0.25, -0.2) is 15.2 Å². The molecule has 4 rings (SSSR count). The summed E-state index contributed by atoms with van der Waals surface area (Å²) < 4.78 is 5.23. The van der Waals surface area contributed by atoms with Crippen LogP contribution in [0, 0.1) is 0 Å². The first kappa shape index (κ1) is 19.8. The first-order chi connectivity index (χ1) is 14.6. The van der Waals surface area contributed by atoms with Crippen LogP contribution in [0.25, 0.3) is 5.70 Å². The number of phenolic OH excluding ortho intramolecular Hbond substituents is 1. The number of hydrogen-bond donors (Lipinski definition) is 2. The third-order valence-corrected chi connectivity index (χ3v) is 4.98. The third kappa shape index (κ3) is 3.81. The molecule has 2 N–H and O–H groups in total. The fourth-order valence-electron chi connectivity index (χ4n) is 3.56. The number of phenols is 1. The van der Waals surface area contributed by atoms with E-state index in [0.29, 0.717) is 12.1 Å². The van der Waals surface area contributed by atoms with E-state index in [1.165, 1.54) is 0 Å². The molecular formula is C22H23N5O3. The average Bonchev–Trinajstić information content (AvgIpc) is 3.16. The van der Waals surface area contributed by atoms with E-state index in [1.54, 1.807) is 31.2 Å². The van der Waals surface area contributed by atoms with E-state index >= 15 is 0 Å². The molecule has 8 heteroatoms. The lowest BCUT2D eigenvalue weighted by molar-refractivity contribution is -0.135. The molecule has 2 aromatic rings. The van der Waals surface area contributed by atoms with Crippen molar-refractivity contribution >= 4 is 23.1 Å². The van der Waals surface area contributed by atoms with Gasteiger partial charge in [0, 0.05) is 12.1 Å². The summed E-state index contributed by atoms with van der Waals surface area (Å²) in [5.41, 5.74) is 6.71. The molecule has 30 heavy (non-hydrogen) atoms. The van der Waals surface area contributed by atoms with E-state index in [0.717, 1.165) is 16.9 Å². The number of azo groups is 1. The molecule has 0 radical (unpaired) electrons. The van der Waals surface area contributed by atoms with Gasteiger partial charge in [0.15, 0.2) is 11.9 Å². The Balaban J connectivity index is 1.71. The van der Waals surface area contributed by atoms with E-state index in [2.05, 4.69) is 20.6 Å². The number of esters is 1. The van der Waals surface area contributed by atoms with Gasteiger partial charge >= 0.3 is 5.97 Å². The molecule has 2 aliphatic heterocycles. The predicted octanol–water partition coefficient (Wildman–Crippen LogP) is 3.44. The van der Waals surface area contributed by atoms with Crippen molar-refractivity contribution in [2.24, 2.45) is 15.2 Å². The van der Waals surface area contributed by atoms with Crippen molar-refractivity contribution in [3.8, 4) is 5.75 Å². The number of aliphatic imine (C=N–C) groups is 1. The fourth-order valence-corrected chi connectivity index (χ4v) is 3.56. The monoisotopic (exact) mass is 405 g/mol. The quantitative estimate of drug-likeness (QED) is 0.586. The van der Waals surface area contributed by atoms with E-state index in [9.17, 15) is 9.90 Å². The molecule has 154 valence electrons. The number of aromatic hydroxyl groups is 1. The third-order valence-electron chi connectivity index (χ3n) is 4.98. The van der Waals surface area contributed by atoms with Gasteiger partial charge in [-0.1, -0.05) is 18.2 Å². The Labute approximate surface area is 174 Å². The number of carbonyl (C=O) groups is 1. The first-order valence-corrected chi connectivity index (χ1v) is 9.82. The molecule has 2 unspecified atom stereocenters. The maximum atomic E-state index is 12.6. The van der Waals surface area contributed by atoms with Crippen molar-refractivity contribution in [2.45, 2.75) is 26.1 Å². The smallest absolute Gasteiger partial charge is 0.356 e. The van der Waals surface area contributed by atoms with Crippen LogP contribution in [-0.2, 0) is 9.53 Å². The van der Waals surface area contributed by atoms with E-state index in [1.807, 2.05) is 42.3 Å². The summed E-state index contributed by atoms with van der Waals surface area (Å²) in [5.74, 6) is -0.288. The molecule has 0 aromatic heterocycles. The number of benzene rings is 2. The largest absolute Gasteiger partial charge is 0.508 e. The van der Waals surface area contributed by atoms with Gasteiger partial charge in [0.25, 0.3) is 0 Å². The van der Waals surface area contributed by atoms with Crippen LogP contribution < -0.4 is 5.43 Å². The highest BCUT2D eigenvalue weighted by molar-refractivity contribution is 6.44. The second-order valence-corrected chi connectivity index (χ2v) is 6.98. The molecule has 0 saturated carbocycles. The molecule has 2 atom stereocenters. The van der Waals surface area contributed by atoms with Gasteiger partial charge in [-0.15, -0.1) is 0 Å². The molecule has 0 aliphatic carbocycles. The average molecular weight is 405 g/mol. The van der Waals surface area contributed by atoms with Crippen molar-refractivity contribution in [3.63, 3.8) is 0 Å². The highest BCUT2D eigenvalue weighted by Crippen LogP contribution is 2.34. The number of nitrogens with zero attached hydrogens (tertiary/aromatic N) is 4. The molecule has 1 fully saturated rings. The van der Waals surface area contributed by atoms with Crippen molar-refractivity contribution in [1.82, 2.24) is 10.4 Å². The van der Waals surface area contributed by atoms with Crippen LogP contribution in [-0.4, -0.2) is 47.2 Å². The number of hydrogen-bond acceptors (Lipinski definition) is 8. The summed E-state index contributed by atoms with van der Waals surface area (Å²) in [6.07, 6.45) is -0.440. The lowest BCUT2D eigenvalue weighted by Crippen LogP contribution is -2.42. The zero-order valence-electron chi connectivity index (χ0n) is 16.8. The van der Waals surface area contributed by atoms with Crippen LogP contribution >= 0.6 is 0 Å². The van der Waals surface area contributed by atoms with Gasteiger partial charge in [0.1, 0.15) is 11.8 Å². The Morgan fingerprint density at radius 1 is 1.23 bits per heavy atom. The standard InChI is InChI=1S/C22H23N5O3/c1-3-30-22(29)19-14(2)20(15-9-11-17(28)12-10-15)27-21(24-19)18(13-23-27)26-25-16-7-5-4-6-8-16/h4-12,18,21,23,28H,3,13H2,1-2H3. The number of ether oxygens (including phenoxy) is 1. The van der Waals surface area contributed by atoms with Gasteiger partial charge in [0.05, 0.1) is 18.0 Å². The highest BCUT2D eigenvalue weighted by atomic mass is 16.5. The van der Waals surface area contributed by atoms with Crippen molar-refractivity contribution < 1.29 is 14.6 Å². The Morgan fingerprint density at radius 3 is 2.67 bits per heavy atom. The maximum Gasteiger partial charge on any atom is 0.356 e. The minimum absolute atomic E-state index is 0.174. The molecule has 0 spiro atoms. The Hall–Kier alpha value is -3.52. The van der Waals surface area contributed by atoms with Crippen LogP contribution in [0.4, 0.5) is 5.69 Å². The molecule has 0 amide bonds. The maximum absolute atomic E-state index is 12.6. The summed E-state index contributed by atoms with van der Waals surface area (Å²) >= 11 is 0. The number of fused-ring (bicyclic) bond motifs is 1. The van der Waals surface area contributed by atoms with Crippen LogP contribution in [0.2, 0.25) is 0 Å². The van der Waals surface area contributed by atoms with E-state index < -0.39 is 12.1 Å². The lowest BCUT2D eigenvalue weighted by Gasteiger charge is -2.33. The molecule has 2 aliphatic rings. The van der Waals surface area contributed by atoms with Crippen LogP contribution in [0.3, 0.4) is 0 Å². The second-order valence-electron chi connectivity index (χ2n) is 6.98. The fraction of sp³-hybridized carbons (Fsp3) is 0.273. The van der Waals surface area contributed by atoms with E-state index in [-0.39, 0.29) is 24.1 Å². The summed E-state index contributed by atoms with van der Waals surface area (Å²) in [5, 5.41) is 20.4. The van der Waals surface area contributed by atoms with Crippen molar-refractivity contribution in [1.29, 1.82) is 0 Å². The number of rotatable bonds is 5. The molecule has 1 saturated heterocycles. The van der Waals surface area contributed by atoms with Gasteiger partial charge in [-0.2, -0.15) is 10.2 Å². The number of hydrazine groups is 1. The molecule has 8 nitrogen and oxygen atoms in total. The van der Waals surface area contributed by atoms with Gasteiger partial charge in [-0.05, 0) is 55.8 Å². The highest BCUT2D eigenvalue weighted by Gasteiger charge is 2.41. The SMILES string of the molecule is CCOC(=O)C1=NC2C(N=Nc3ccccc3)CNN2C(c2ccc(O)cc2)=C1C. The predicted molar refractivity (Wildman–Crippen MR) is 113 cm³/mol. The lowest BCUT2D eigenvalue weighted by atomic mass is 10.00. The zero-order chi connectivity index (χ0) is 21.1. The van der Waals surface area contributed by atoms with Crippen molar-refractivity contribution in [3.05, 3.63) is 65.7 Å². The van der Waals surface area contributed by atoms with Crippen LogP contribution in [0.5, 0.6) is 5.75 Å². The summed E-state index contributed by atoms with van der Waals surface area (Å²) in [4.78, 5) is 17.3. The zero-order valence-corrected chi connectivity index (χ0v) is 16.8. The van der Waals surface area contributed by atoms with E-state index in [4.69, 9.17) is 4.74 Å². The molecule has 2 heterocycles. The second kappa shape index (κ2) is 8.46. The normalized spacial score (nSPS) is 21.0. The molecular weight excluding hydrogens is 382 g/mol. The van der Waals surface area contributed by atoms with Gasteiger partial charge < -0.3 is 9.84 Å². The van der Waals surface area contributed by atoms with Gasteiger partial charge in [0.2, 0.25) is 0 Å². The Morgan fingerprint density at radius 2 is 1.97 bits per heavy atom.